The van der Waals surface area contributed by atoms with Crippen LogP contribution in [0.5, 0.6) is 0 Å². The van der Waals surface area contributed by atoms with Crippen molar-refractivity contribution < 1.29 is 0 Å². The van der Waals surface area contributed by atoms with E-state index in [1.165, 1.54) is 81.9 Å². The van der Waals surface area contributed by atoms with Crippen molar-refractivity contribution in [1.82, 2.24) is 4.57 Å². The normalized spacial score (nSPS) is 11.9. The minimum absolute atomic E-state index is 0.658. The Labute approximate surface area is 294 Å². The van der Waals surface area contributed by atoms with E-state index >= 15 is 0 Å². The van der Waals surface area contributed by atoms with Gasteiger partial charge in [-0.2, -0.15) is 0 Å². The molecule has 2 heteroatoms. The molecule has 0 aliphatic carbocycles. The molecule has 1 aromatic heterocycles. The molecule has 0 unspecified atom stereocenters. The largest absolute Gasteiger partial charge is 0.310 e. The van der Waals surface area contributed by atoms with E-state index in [1.807, 2.05) is 18.2 Å². The van der Waals surface area contributed by atoms with Gasteiger partial charge in [0.15, 0.2) is 5.69 Å². The van der Waals surface area contributed by atoms with Gasteiger partial charge < -0.3 is 4.57 Å². The van der Waals surface area contributed by atoms with E-state index < -0.39 is 0 Å². The molecule has 0 saturated heterocycles. The van der Waals surface area contributed by atoms with Crippen LogP contribution in [0, 0.1) is 6.57 Å². The lowest BCUT2D eigenvalue weighted by molar-refractivity contribution is 1.18. The number of aromatic nitrogens is 1. The van der Waals surface area contributed by atoms with Gasteiger partial charge in [-0.1, -0.05) is 109 Å². The van der Waals surface area contributed by atoms with Crippen LogP contribution in [0.3, 0.4) is 0 Å². The van der Waals surface area contributed by atoms with Crippen molar-refractivity contribution in [3.63, 3.8) is 0 Å². The van der Waals surface area contributed by atoms with Crippen molar-refractivity contribution in [3.8, 4) is 39.1 Å². The molecule has 0 aliphatic heterocycles. The summed E-state index contributed by atoms with van der Waals surface area (Å²) < 4.78 is 2.32. The first-order valence-electron chi connectivity index (χ1n) is 17.4. The average molecular weight is 645 g/mol. The molecule has 234 valence electrons. The van der Waals surface area contributed by atoms with Crippen molar-refractivity contribution in [2.75, 3.05) is 0 Å². The van der Waals surface area contributed by atoms with Crippen LogP contribution < -0.4 is 0 Å². The second-order valence-corrected chi connectivity index (χ2v) is 13.7. The lowest BCUT2D eigenvalue weighted by Gasteiger charge is -2.15. The smallest absolute Gasteiger partial charge is 0.189 e. The molecular weight excluding hydrogens is 617 g/mol. The van der Waals surface area contributed by atoms with E-state index in [0.717, 1.165) is 22.1 Å². The molecule has 10 aromatic carbocycles. The highest BCUT2D eigenvalue weighted by Crippen LogP contribution is 2.44. The zero-order valence-electron chi connectivity index (χ0n) is 27.6. The summed E-state index contributed by atoms with van der Waals surface area (Å²) in [7, 11) is 0. The molecule has 1 heterocycles. The van der Waals surface area contributed by atoms with Crippen molar-refractivity contribution in [1.29, 1.82) is 0 Å². The maximum absolute atomic E-state index is 7.76. The van der Waals surface area contributed by atoms with E-state index in [1.54, 1.807) is 0 Å². The zero-order chi connectivity index (χ0) is 33.6. The first-order valence-corrected chi connectivity index (χ1v) is 17.4. The van der Waals surface area contributed by atoms with Gasteiger partial charge in [0.05, 0.1) is 12.1 Å². The number of hydrogen-bond acceptors (Lipinski definition) is 0. The van der Waals surface area contributed by atoms with Crippen molar-refractivity contribution >= 4 is 70.6 Å². The van der Waals surface area contributed by atoms with Gasteiger partial charge in [-0.05, 0) is 137 Å². The maximum Gasteiger partial charge on any atom is 0.189 e. The second kappa shape index (κ2) is 10.5. The van der Waals surface area contributed by atoms with Gasteiger partial charge in [-0.25, -0.2) is 4.85 Å². The first-order chi connectivity index (χ1) is 25.2. The molecule has 0 amide bonds. The molecule has 11 rings (SSSR count). The van der Waals surface area contributed by atoms with Crippen LogP contribution in [-0.2, 0) is 0 Å². The summed E-state index contributed by atoms with van der Waals surface area (Å²) in [5.74, 6) is 0. The van der Waals surface area contributed by atoms with E-state index in [0.29, 0.717) is 5.69 Å². The summed E-state index contributed by atoms with van der Waals surface area (Å²) in [6, 6.07) is 61.7. The van der Waals surface area contributed by atoms with Gasteiger partial charge in [0.1, 0.15) is 0 Å². The standard InChI is InChI=1S/C49H28N2/c1-50-42-27-38-21-20-37-26-41(28-44-48(37)49(38)45(29-42)51(44)43-10-6-3-7-11-43)32-14-12-31(13-15-32)40-24-35-18-16-33-22-39(30-8-4-2-5-9-30)23-34-17-19-36(25-40)47(35)46(33)34/h2-29H. The van der Waals surface area contributed by atoms with Crippen LogP contribution in [0.25, 0.3) is 109 Å². The predicted octanol–water partition coefficient (Wildman–Crippen LogP) is 13.8. The van der Waals surface area contributed by atoms with Crippen molar-refractivity contribution in [2.45, 2.75) is 0 Å². The van der Waals surface area contributed by atoms with Crippen LogP contribution >= 0.6 is 0 Å². The van der Waals surface area contributed by atoms with Gasteiger partial charge in [-0.3, -0.25) is 0 Å². The Kier molecular flexibility index (Phi) is 5.77. The summed E-state index contributed by atoms with van der Waals surface area (Å²) >= 11 is 0. The zero-order valence-corrected chi connectivity index (χ0v) is 27.6. The highest BCUT2D eigenvalue weighted by Gasteiger charge is 2.19. The monoisotopic (exact) mass is 644 g/mol. The number of para-hydroxylation sites is 1. The third kappa shape index (κ3) is 4.16. The molecule has 0 atom stereocenters. The molecule has 0 saturated carbocycles. The Bertz CT molecular complexity index is 3100. The third-order valence-corrected chi connectivity index (χ3v) is 10.8. The molecule has 2 nitrogen and oxygen atoms in total. The molecule has 0 bridgehead atoms. The summed E-state index contributed by atoms with van der Waals surface area (Å²) in [6.45, 7) is 7.76. The first kappa shape index (κ1) is 27.9. The summed E-state index contributed by atoms with van der Waals surface area (Å²) in [5.41, 5.74) is 11.2. The van der Waals surface area contributed by atoms with Gasteiger partial charge in [0, 0.05) is 22.0 Å². The molecule has 0 aliphatic rings. The van der Waals surface area contributed by atoms with E-state index in [-0.39, 0.29) is 0 Å². The molecule has 0 radical (unpaired) electrons. The van der Waals surface area contributed by atoms with Crippen LogP contribution in [0.15, 0.2) is 170 Å². The number of hydrogen-bond donors (Lipinski definition) is 0. The van der Waals surface area contributed by atoms with Crippen LogP contribution in [0.1, 0.15) is 0 Å². The quantitative estimate of drug-likeness (QED) is 0.133. The molecule has 11 aromatic rings. The fraction of sp³-hybridized carbons (Fsp3) is 0. The van der Waals surface area contributed by atoms with Crippen LogP contribution in [0.2, 0.25) is 0 Å². The second-order valence-electron chi connectivity index (χ2n) is 13.7. The Morgan fingerprint density at radius 2 is 0.725 bits per heavy atom. The van der Waals surface area contributed by atoms with E-state index in [9.17, 15) is 0 Å². The Hall–Kier alpha value is -6.95. The van der Waals surface area contributed by atoms with Crippen molar-refractivity contribution in [3.05, 3.63) is 181 Å². The predicted molar refractivity (Wildman–Crippen MR) is 216 cm³/mol. The van der Waals surface area contributed by atoms with Crippen molar-refractivity contribution in [2.24, 2.45) is 0 Å². The number of nitrogens with zero attached hydrogens (tertiary/aromatic N) is 2. The average Bonchev–Trinajstić information content (AvgIpc) is 3.53. The summed E-state index contributed by atoms with van der Waals surface area (Å²) in [4.78, 5) is 3.81. The highest BCUT2D eigenvalue weighted by molar-refractivity contribution is 6.26. The molecule has 51 heavy (non-hydrogen) atoms. The minimum atomic E-state index is 0.658. The number of rotatable bonds is 4. The van der Waals surface area contributed by atoms with E-state index in [4.69, 9.17) is 6.57 Å². The summed E-state index contributed by atoms with van der Waals surface area (Å²) in [5, 5.41) is 12.5. The highest BCUT2D eigenvalue weighted by atomic mass is 15.0. The minimum Gasteiger partial charge on any atom is -0.310 e. The van der Waals surface area contributed by atoms with Gasteiger partial charge in [0.2, 0.25) is 0 Å². The lowest BCUT2D eigenvalue weighted by Crippen LogP contribution is -1.93. The van der Waals surface area contributed by atoms with Crippen LogP contribution in [-0.4, -0.2) is 4.57 Å². The molecule has 0 N–H and O–H groups in total. The fourth-order valence-corrected chi connectivity index (χ4v) is 8.49. The third-order valence-electron chi connectivity index (χ3n) is 10.8. The van der Waals surface area contributed by atoms with E-state index in [2.05, 4.69) is 161 Å². The lowest BCUT2D eigenvalue weighted by atomic mass is 9.89. The molecular formula is C49H28N2. The fourth-order valence-electron chi connectivity index (χ4n) is 8.49. The SMILES string of the molecule is [C-]#[N+]c1cc2ccc3cc(-c4ccc(-c5cc6ccc7cc(-c8ccccc8)cc8ccc(c5)c6c78)cc4)cc4c3c2c(c1)n4-c1ccccc1. The Morgan fingerprint density at radius 1 is 0.333 bits per heavy atom. The summed E-state index contributed by atoms with van der Waals surface area (Å²) in [6.07, 6.45) is 0. The van der Waals surface area contributed by atoms with Gasteiger partial charge in [0.25, 0.3) is 0 Å². The Balaban J connectivity index is 1.03. The van der Waals surface area contributed by atoms with Crippen LogP contribution in [0.4, 0.5) is 5.69 Å². The topological polar surface area (TPSA) is 9.29 Å². The maximum atomic E-state index is 7.76. The molecule has 0 fully saturated rings. The number of benzene rings is 10. The van der Waals surface area contributed by atoms with Gasteiger partial charge >= 0.3 is 0 Å². The Morgan fingerprint density at radius 3 is 1.22 bits per heavy atom. The van der Waals surface area contributed by atoms with Gasteiger partial charge in [-0.15, -0.1) is 0 Å². The molecule has 0 spiro atoms.